The van der Waals surface area contributed by atoms with Gasteiger partial charge in [-0.05, 0) is 29.8 Å². The molecule has 0 saturated heterocycles. The fourth-order valence-electron chi connectivity index (χ4n) is 2.84. The lowest BCUT2D eigenvalue weighted by Gasteiger charge is -2.33. The van der Waals surface area contributed by atoms with E-state index < -0.39 is 6.29 Å². The molecular weight excluding hydrogens is 333 g/mol. The van der Waals surface area contributed by atoms with Gasteiger partial charge in [-0.15, -0.1) is 0 Å². The van der Waals surface area contributed by atoms with Gasteiger partial charge in [0.15, 0.2) is 0 Å². The third-order valence-corrected chi connectivity index (χ3v) is 4.12. The molecule has 0 radical (unpaired) electrons. The Labute approximate surface area is 149 Å². The Morgan fingerprint density at radius 1 is 1.15 bits per heavy atom. The number of hydrogen-bond donors (Lipinski definition) is 1. The lowest BCUT2D eigenvalue weighted by atomic mass is 10.1. The number of hydrogen-bond acceptors (Lipinski definition) is 4. The number of nitrogens with one attached hydrogen (secondary N) is 1. The average Bonchev–Trinajstić information content (AvgIpc) is 3.19. The Morgan fingerprint density at radius 3 is 2.77 bits per heavy atom. The van der Waals surface area contributed by atoms with Crippen LogP contribution in [0.1, 0.15) is 11.9 Å². The largest absolute Gasteiger partial charge is 0.335 e. The first-order chi connectivity index (χ1) is 12.7. The summed E-state index contributed by atoms with van der Waals surface area (Å²) in [5, 5.41) is 7.06. The molecule has 6 nitrogen and oxygen atoms in total. The van der Waals surface area contributed by atoms with Crippen molar-refractivity contribution in [1.82, 2.24) is 25.0 Å². The zero-order valence-corrected chi connectivity index (χ0v) is 13.8. The third kappa shape index (κ3) is 3.19. The summed E-state index contributed by atoms with van der Waals surface area (Å²) in [5.41, 5.74) is 1.99. The monoisotopic (exact) mass is 349 g/mol. The molecule has 1 unspecified atom stereocenters. The van der Waals surface area contributed by atoms with E-state index in [1.54, 1.807) is 59.8 Å². The van der Waals surface area contributed by atoms with Gasteiger partial charge in [-0.3, -0.25) is 9.78 Å². The summed E-state index contributed by atoms with van der Waals surface area (Å²) < 4.78 is 15.6. The van der Waals surface area contributed by atoms with Gasteiger partial charge in [0.2, 0.25) is 12.2 Å². The number of pyridine rings is 1. The summed E-state index contributed by atoms with van der Waals surface area (Å²) in [6.07, 6.45) is 7.96. The van der Waals surface area contributed by atoms with Crippen LogP contribution in [0.3, 0.4) is 0 Å². The van der Waals surface area contributed by atoms with Crippen molar-refractivity contribution in [2.45, 2.75) is 12.8 Å². The quantitative estimate of drug-likeness (QED) is 0.787. The van der Waals surface area contributed by atoms with Crippen LogP contribution in [0.2, 0.25) is 0 Å². The third-order valence-electron chi connectivity index (χ3n) is 4.12. The Bertz CT molecular complexity index is 937. The molecule has 0 spiro atoms. The van der Waals surface area contributed by atoms with E-state index in [-0.39, 0.29) is 11.7 Å². The van der Waals surface area contributed by atoms with Gasteiger partial charge >= 0.3 is 0 Å². The molecule has 2 aromatic heterocycles. The maximum Gasteiger partial charge on any atom is 0.248 e. The fourth-order valence-corrected chi connectivity index (χ4v) is 2.84. The van der Waals surface area contributed by atoms with Crippen LogP contribution in [-0.2, 0) is 11.3 Å². The highest BCUT2D eigenvalue weighted by Crippen LogP contribution is 2.22. The van der Waals surface area contributed by atoms with Crippen molar-refractivity contribution < 1.29 is 9.18 Å². The minimum absolute atomic E-state index is 0.172. The van der Waals surface area contributed by atoms with Gasteiger partial charge in [0.1, 0.15) is 5.82 Å². The summed E-state index contributed by atoms with van der Waals surface area (Å²) in [5.74, 6) is -0.469. The van der Waals surface area contributed by atoms with Crippen molar-refractivity contribution in [3.63, 3.8) is 0 Å². The van der Waals surface area contributed by atoms with E-state index >= 15 is 0 Å². The highest BCUT2D eigenvalue weighted by molar-refractivity contribution is 5.88. The van der Waals surface area contributed by atoms with Gasteiger partial charge in [0, 0.05) is 43.0 Å². The molecule has 1 aliphatic heterocycles. The molecular formula is C19H16FN5O. The second-order valence-electron chi connectivity index (χ2n) is 5.89. The molecule has 7 heteroatoms. The number of amides is 1. The van der Waals surface area contributed by atoms with Crippen LogP contribution in [0.25, 0.3) is 11.3 Å². The number of carbonyl (C=O) groups excluding carboxylic acids is 1. The summed E-state index contributed by atoms with van der Waals surface area (Å²) >= 11 is 0. The molecule has 26 heavy (non-hydrogen) atoms. The standard InChI is InChI=1S/C19H16FN5O/c20-16-5-2-1-4-15(16)17-7-6-14(12-21-17)13-24-11-8-18(26)23-19(24)25-10-3-9-22-25/h1-12,19H,13H2,(H,23,26). The number of rotatable bonds is 4. The lowest BCUT2D eigenvalue weighted by molar-refractivity contribution is -0.120. The highest BCUT2D eigenvalue weighted by Gasteiger charge is 2.23. The van der Waals surface area contributed by atoms with Gasteiger partial charge < -0.3 is 10.2 Å². The number of nitrogens with zero attached hydrogens (tertiary/aromatic N) is 4. The molecule has 1 aliphatic rings. The van der Waals surface area contributed by atoms with E-state index in [0.29, 0.717) is 17.8 Å². The Kier molecular flexibility index (Phi) is 4.18. The molecule has 0 saturated carbocycles. The molecule has 0 fully saturated rings. The Morgan fingerprint density at radius 2 is 2.04 bits per heavy atom. The van der Waals surface area contributed by atoms with E-state index in [1.807, 2.05) is 11.0 Å². The first-order valence-corrected chi connectivity index (χ1v) is 8.14. The van der Waals surface area contributed by atoms with Crippen molar-refractivity contribution >= 4 is 5.91 Å². The lowest BCUT2D eigenvalue weighted by Crippen LogP contribution is -2.44. The predicted octanol–water partition coefficient (Wildman–Crippen LogP) is 2.69. The number of benzene rings is 1. The molecule has 130 valence electrons. The maximum absolute atomic E-state index is 13.9. The maximum atomic E-state index is 13.9. The van der Waals surface area contributed by atoms with Crippen molar-refractivity contribution in [3.8, 4) is 11.3 Å². The van der Waals surface area contributed by atoms with Crippen molar-refractivity contribution in [2.75, 3.05) is 0 Å². The van der Waals surface area contributed by atoms with Crippen LogP contribution in [0.15, 0.2) is 73.3 Å². The van der Waals surface area contributed by atoms with E-state index in [2.05, 4.69) is 15.4 Å². The first kappa shape index (κ1) is 16.0. The van der Waals surface area contributed by atoms with Crippen LogP contribution < -0.4 is 5.32 Å². The number of aromatic nitrogens is 3. The molecule has 0 bridgehead atoms. The second-order valence-corrected chi connectivity index (χ2v) is 5.89. The SMILES string of the molecule is O=C1C=CN(Cc2ccc(-c3ccccc3F)nc2)C(n2cccn2)N1. The summed E-state index contributed by atoms with van der Waals surface area (Å²) in [6.45, 7) is 0.520. The molecule has 3 heterocycles. The summed E-state index contributed by atoms with van der Waals surface area (Å²) in [6, 6.07) is 12.0. The van der Waals surface area contributed by atoms with Crippen molar-refractivity contribution in [1.29, 1.82) is 0 Å². The van der Waals surface area contributed by atoms with E-state index in [0.717, 1.165) is 5.56 Å². The van der Waals surface area contributed by atoms with Crippen LogP contribution in [0.4, 0.5) is 4.39 Å². The van der Waals surface area contributed by atoms with Crippen molar-refractivity contribution in [2.24, 2.45) is 0 Å². The van der Waals surface area contributed by atoms with Crippen molar-refractivity contribution in [3.05, 3.63) is 84.7 Å². The Balaban J connectivity index is 1.55. The predicted molar refractivity (Wildman–Crippen MR) is 93.7 cm³/mol. The fraction of sp³-hybridized carbons (Fsp3) is 0.105. The summed E-state index contributed by atoms with van der Waals surface area (Å²) in [4.78, 5) is 18.0. The van der Waals surface area contributed by atoms with Gasteiger partial charge in [-0.25, -0.2) is 9.07 Å². The van der Waals surface area contributed by atoms with E-state index in [9.17, 15) is 9.18 Å². The molecule has 1 amide bonds. The topological polar surface area (TPSA) is 63.1 Å². The van der Waals surface area contributed by atoms with E-state index in [4.69, 9.17) is 0 Å². The molecule has 0 aliphatic carbocycles. The minimum Gasteiger partial charge on any atom is -0.335 e. The average molecular weight is 349 g/mol. The zero-order chi connectivity index (χ0) is 17.9. The van der Waals surface area contributed by atoms with Crippen LogP contribution in [-0.4, -0.2) is 25.6 Å². The highest BCUT2D eigenvalue weighted by atomic mass is 19.1. The van der Waals surface area contributed by atoms with Crippen LogP contribution >= 0.6 is 0 Å². The zero-order valence-electron chi connectivity index (χ0n) is 13.8. The normalized spacial score (nSPS) is 16.6. The molecule has 4 rings (SSSR count). The second kappa shape index (κ2) is 6.79. The van der Waals surface area contributed by atoms with Gasteiger partial charge in [0.05, 0.1) is 5.69 Å². The van der Waals surface area contributed by atoms with Gasteiger partial charge in [0.25, 0.3) is 0 Å². The Hall–Kier alpha value is -3.48. The number of halogens is 1. The van der Waals surface area contributed by atoms with Crippen LogP contribution in [0, 0.1) is 5.82 Å². The summed E-state index contributed by atoms with van der Waals surface area (Å²) in [7, 11) is 0. The molecule has 3 aromatic rings. The molecule has 1 N–H and O–H groups in total. The molecule has 1 atom stereocenters. The van der Waals surface area contributed by atoms with Gasteiger partial charge in [-0.1, -0.05) is 18.2 Å². The molecule has 1 aromatic carbocycles. The first-order valence-electron chi connectivity index (χ1n) is 8.14. The number of carbonyl (C=O) groups is 1. The van der Waals surface area contributed by atoms with Crippen LogP contribution in [0.5, 0.6) is 0 Å². The smallest absolute Gasteiger partial charge is 0.248 e. The van der Waals surface area contributed by atoms with Gasteiger partial charge in [-0.2, -0.15) is 5.10 Å². The minimum atomic E-state index is -0.409. The van der Waals surface area contributed by atoms with E-state index in [1.165, 1.54) is 12.1 Å².